The van der Waals surface area contributed by atoms with Crippen LogP contribution in [-0.2, 0) is 16.1 Å². The van der Waals surface area contributed by atoms with Crippen LogP contribution in [0.5, 0.6) is 0 Å². The summed E-state index contributed by atoms with van der Waals surface area (Å²) in [5, 5.41) is 15.1. The van der Waals surface area contributed by atoms with Crippen molar-refractivity contribution in [2.75, 3.05) is 5.32 Å². The number of hydrogen-bond donors (Lipinski definition) is 2. The molecule has 0 aliphatic heterocycles. The first-order valence-corrected chi connectivity index (χ1v) is 5.92. The molecule has 6 nitrogen and oxygen atoms in total. The molecule has 1 aromatic heterocycles. The Hall–Kier alpha value is -2.89. The molecule has 1 aromatic carbocycles. The van der Waals surface area contributed by atoms with Crippen LogP contribution in [0.4, 0.5) is 5.69 Å². The number of nitrogens with one attached hydrogen (secondary N) is 1. The van der Waals surface area contributed by atoms with Crippen LogP contribution in [0.3, 0.4) is 0 Å². The molecule has 0 atom stereocenters. The van der Waals surface area contributed by atoms with Gasteiger partial charge in [-0.2, -0.15) is 5.10 Å². The number of rotatable bonds is 5. The third kappa shape index (κ3) is 4.09. The molecule has 0 spiro atoms. The van der Waals surface area contributed by atoms with Gasteiger partial charge in [-0.05, 0) is 23.8 Å². The summed E-state index contributed by atoms with van der Waals surface area (Å²) >= 11 is 0. The lowest BCUT2D eigenvalue weighted by Crippen LogP contribution is -2.09. The van der Waals surface area contributed by atoms with Gasteiger partial charge in [0.15, 0.2) is 0 Å². The second-order valence-corrected chi connectivity index (χ2v) is 4.06. The van der Waals surface area contributed by atoms with Crippen molar-refractivity contribution in [2.24, 2.45) is 0 Å². The third-order valence-electron chi connectivity index (χ3n) is 2.48. The highest BCUT2D eigenvalue weighted by atomic mass is 16.4. The van der Waals surface area contributed by atoms with E-state index in [-0.39, 0.29) is 0 Å². The van der Waals surface area contributed by atoms with Crippen LogP contribution in [0.1, 0.15) is 5.56 Å². The van der Waals surface area contributed by atoms with E-state index in [4.69, 9.17) is 5.11 Å². The summed E-state index contributed by atoms with van der Waals surface area (Å²) in [5.74, 6) is -1.64. The predicted molar refractivity (Wildman–Crippen MR) is 73.2 cm³/mol. The zero-order chi connectivity index (χ0) is 14.4. The number of aliphatic carboxylic acids is 1. The quantitative estimate of drug-likeness (QED) is 0.807. The van der Waals surface area contributed by atoms with Crippen molar-refractivity contribution < 1.29 is 14.7 Å². The summed E-state index contributed by atoms with van der Waals surface area (Å²) < 4.78 is 1.77. The molecule has 1 heterocycles. The third-order valence-corrected chi connectivity index (χ3v) is 2.48. The molecule has 0 unspecified atom stereocenters. The van der Waals surface area contributed by atoms with Crippen LogP contribution in [0.25, 0.3) is 0 Å². The lowest BCUT2D eigenvalue weighted by atomic mass is 10.2. The topological polar surface area (TPSA) is 84.2 Å². The van der Waals surface area contributed by atoms with Crippen molar-refractivity contribution in [1.29, 1.82) is 0 Å². The molecule has 2 N–H and O–H groups in total. The predicted octanol–water partition coefficient (Wildman–Crippen LogP) is 1.51. The van der Waals surface area contributed by atoms with Gasteiger partial charge in [-0.25, -0.2) is 4.79 Å². The molecule has 0 bridgehead atoms. The fourth-order valence-electron chi connectivity index (χ4n) is 1.66. The van der Waals surface area contributed by atoms with Gasteiger partial charge in [0.2, 0.25) is 5.91 Å². The monoisotopic (exact) mass is 271 g/mol. The molecule has 20 heavy (non-hydrogen) atoms. The highest BCUT2D eigenvalue weighted by Crippen LogP contribution is 2.11. The second kappa shape index (κ2) is 6.33. The minimum Gasteiger partial charge on any atom is -0.478 e. The maximum Gasteiger partial charge on any atom is 0.328 e. The molecule has 1 amide bonds. The van der Waals surface area contributed by atoms with Gasteiger partial charge in [0.1, 0.15) is 0 Å². The number of carbonyl (C=O) groups is 2. The number of aromatic nitrogens is 2. The van der Waals surface area contributed by atoms with Crippen LogP contribution < -0.4 is 5.32 Å². The van der Waals surface area contributed by atoms with E-state index in [0.29, 0.717) is 12.2 Å². The molecule has 0 radical (unpaired) electrons. The van der Waals surface area contributed by atoms with E-state index in [1.165, 1.54) is 0 Å². The fraction of sp³-hybridized carbons (Fsp3) is 0.0714. The smallest absolute Gasteiger partial charge is 0.328 e. The Labute approximate surface area is 115 Å². The summed E-state index contributed by atoms with van der Waals surface area (Å²) in [6, 6.07) is 9.12. The number of amides is 1. The summed E-state index contributed by atoms with van der Waals surface area (Å²) in [7, 11) is 0. The van der Waals surface area contributed by atoms with E-state index >= 15 is 0 Å². The molecule has 102 valence electrons. The normalized spacial score (nSPS) is 10.6. The highest BCUT2D eigenvalue weighted by Gasteiger charge is 2.01. The Morgan fingerprint density at radius 1 is 1.30 bits per heavy atom. The molecule has 0 aliphatic rings. The first-order valence-electron chi connectivity index (χ1n) is 5.92. The second-order valence-electron chi connectivity index (χ2n) is 4.06. The Kier molecular flexibility index (Phi) is 4.28. The summed E-state index contributed by atoms with van der Waals surface area (Å²) in [6.45, 7) is 0.599. The lowest BCUT2D eigenvalue weighted by molar-refractivity contribution is -0.131. The van der Waals surface area contributed by atoms with Crippen molar-refractivity contribution >= 4 is 17.6 Å². The lowest BCUT2D eigenvalue weighted by Gasteiger charge is -2.06. The standard InChI is InChI=1S/C14H13N3O3/c18-13(5-6-14(19)20)16-12-4-1-3-11(9-12)10-17-8-2-7-15-17/h1-9H,10H2,(H,16,18)(H,19,20)/b6-5+. The van der Waals surface area contributed by atoms with Crippen LogP contribution in [0.15, 0.2) is 54.9 Å². The summed E-state index contributed by atoms with van der Waals surface area (Å²) in [5.41, 5.74) is 1.59. The number of hydrogen-bond acceptors (Lipinski definition) is 3. The molecule has 0 saturated heterocycles. The van der Waals surface area contributed by atoms with Gasteiger partial charge in [-0.1, -0.05) is 12.1 Å². The van der Waals surface area contributed by atoms with Crippen molar-refractivity contribution in [3.63, 3.8) is 0 Å². The van der Waals surface area contributed by atoms with Crippen LogP contribution in [-0.4, -0.2) is 26.8 Å². The largest absolute Gasteiger partial charge is 0.478 e. The van der Waals surface area contributed by atoms with Crippen LogP contribution in [0.2, 0.25) is 0 Å². The van der Waals surface area contributed by atoms with Crippen molar-refractivity contribution in [1.82, 2.24) is 9.78 Å². The Morgan fingerprint density at radius 2 is 2.15 bits per heavy atom. The number of carbonyl (C=O) groups excluding carboxylic acids is 1. The highest BCUT2D eigenvalue weighted by molar-refractivity contribution is 6.02. The van der Waals surface area contributed by atoms with Crippen molar-refractivity contribution in [3.05, 3.63) is 60.4 Å². The molecule has 2 aromatic rings. The van der Waals surface area contributed by atoms with E-state index in [0.717, 1.165) is 17.7 Å². The van der Waals surface area contributed by atoms with Gasteiger partial charge in [0, 0.05) is 30.2 Å². The molecular formula is C14H13N3O3. The number of nitrogens with zero attached hydrogens (tertiary/aromatic N) is 2. The van der Waals surface area contributed by atoms with Gasteiger partial charge in [-0.3, -0.25) is 9.48 Å². The van der Waals surface area contributed by atoms with Crippen LogP contribution >= 0.6 is 0 Å². The first-order chi connectivity index (χ1) is 9.63. The number of benzene rings is 1. The maximum absolute atomic E-state index is 11.5. The SMILES string of the molecule is O=C(O)/C=C/C(=O)Nc1cccc(Cn2cccn2)c1. The van der Waals surface area contributed by atoms with Crippen molar-refractivity contribution in [3.8, 4) is 0 Å². The minimum atomic E-state index is -1.16. The van der Waals surface area contributed by atoms with Gasteiger partial charge in [-0.15, -0.1) is 0 Å². The average molecular weight is 271 g/mol. The fourth-order valence-corrected chi connectivity index (χ4v) is 1.66. The van der Waals surface area contributed by atoms with E-state index in [1.807, 2.05) is 30.5 Å². The van der Waals surface area contributed by atoms with Gasteiger partial charge in [0.05, 0.1) is 6.54 Å². The van der Waals surface area contributed by atoms with Crippen molar-refractivity contribution in [2.45, 2.75) is 6.54 Å². The molecule has 0 fully saturated rings. The Bertz CT molecular complexity index is 633. The minimum absolute atomic E-state index is 0.483. The zero-order valence-corrected chi connectivity index (χ0v) is 10.6. The maximum atomic E-state index is 11.5. The zero-order valence-electron chi connectivity index (χ0n) is 10.6. The van der Waals surface area contributed by atoms with E-state index in [1.54, 1.807) is 16.9 Å². The number of carboxylic acid groups (broad SMARTS) is 1. The Balaban J connectivity index is 2.02. The average Bonchev–Trinajstić information content (AvgIpc) is 2.89. The molecule has 2 rings (SSSR count). The number of anilines is 1. The molecular weight excluding hydrogens is 258 g/mol. The molecule has 0 saturated carbocycles. The summed E-state index contributed by atoms with van der Waals surface area (Å²) in [6.07, 6.45) is 5.31. The van der Waals surface area contributed by atoms with E-state index in [9.17, 15) is 9.59 Å². The van der Waals surface area contributed by atoms with E-state index < -0.39 is 11.9 Å². The first kappa shape index (κ1) is 13.5. The number of carboxylic acids is 1. The van der Waals surface area contributed by atoms with E-state index in [2.05, 4.69) is 10.4 Å². The van der Waals surface area contributed by atoms with Gasteiger partial charge in [0.25, 0.3) is 0 Å². The molecule has 0 aliphatic carbocycles. The molecule has 6 heteroatoms. The van der Waals surface area contributed by atoms with Gasteiger partial charge >= 0.3 is 5.97 Å². The summed E-state index contributed by atoms with van der Waals surface area (Å²) in [4.78, 5) is 21.8. The van der Waals surface area contributed by atoms with Gasteiger partial charge < -0.3 is 10.4 Å². The van der Waals surface area contributed by atoms with Crippen LogP contribution in [0, 0.1) is 0 Å². The Morgan fingerprint density at radius 3 is 2.85 bits per heavy atom.